The number of fused-ring (bicyclic) bond motifs is 1. The Kier molecular flexibility index (Phi) is 5.35. The van der Waals surface area contributed by atoms with E-state index in [0.29, 0.717) is 12.3 Å². The Labute approximate surface area is 146 Å². The van der Waals surface area contributed by atoms with Gasteiger partial charge in [-0.15, -0.1) is 16.8 Å². The van der Waals surface area contributed by atoms with E-state index < -0.39 is 0 Å². The van der Waals surface area contributed by atoms with E-state index in [0.717, 1.165) is 30.2 Å². The van der Waals surface area contributed by atoms with Crippen molar-refractivity contribution in [2.45, 2.75) is 43.9 Å². The Morgan fingerprint density at radius 2 is 2.29 bits per heavy atom. The van der Waals surface area contributed by atoms with E-state index in [4.69, 9.17) is 0 Å². The van der Waals surface area contributed by atoms with Crippen molar-refractivity contribution < 1.29 is 4.79 Å². The Balaban J connectivity index is 1.60. The maximum absolute atomic E-state index is 12.4. The fourth-order valence-corrected chi connectivity index (χ4v) is 3.88. The van der Waals surface area contributed by atoms with Crippen LogP contribution in [-0.2, 0) is 17.8 Å². The summed E-state index contributed by atoms with van der Waals surface area (Å²) in [7, 11) is 0. The molecule has 2 aromatic rings. The van der Waals surface area contributed by atoms with Gasteiger partial charge in [-0.1, -0.05) is 42.1 Å². The largest absolute Gasteiger partial charge is 0.349 e. The molecule has 1 heterocycles. The van der Waals surface area contributed by atoms with E-state index >= 15 is 0 Å². The lowest BCUT2D eigenvalue weighted by molar-refractivity contribution is -0.119. The predicted molar refractivity (Wildman–Crippen MR) is 95.9 cm³/mol. The first kappa shape index (κ1) is 16.8. The molecule has 0 fully saturated rings. The maximum Gasteiger partial charge on any atom is 0.230 e. The van der Waals surface area contributed by atoms with Crippen molar-refractivity contribution in [2.75, 3.05) is 5.75 Å². The number of thioether (sulfide) groups is 1. The van der Waals surface area contributed by atoms with E-state index in [1.165, 1.54) is 22.9 Å². The molecule has 0 bridgehead atoms. The average Bonchev–Trinajstić information content (AvgIpc) is 2.94. The molecule has 0 aliphatic heterocycles. The number of rotatable bonds is 6. The minimum absolute atomic E-state index is 0.0347. The summed E-state index contributed by atoms with van der Waals surface area (Å²) in [5, 5.41) is 12.1. The highest BCUT2D eigenvalue weighted by Crippen LogP contribution is 2.29. The van der Waals surface area contributed by atoms with Gasteiger partial charge in [0.15, 0.2) is 5.16 Å². The van der Waals surface area contributed by atoms with Crippen LogP contribution in [0.1, 0.15) is 35.8 Å². The van der Waals surface area contributed by atoms with E-state index in [1.807, 2.05) is 17.6 Å². The van der Waals surface area contributed by atoms with Crippen LogP contribution in [0.2, 0.25) is 0 Å². The number of aromatic nitrogens is 3. The van der Waals surface area contributed by atoms with Gasteiger partial charge in [-0.25, -0.2) is 0 Å². The normalized spacial score (nSPS) is 16.5. The van der Waals surface area contributed by atoms with Crippen LogP contribution in [0.4, 0.5) is 0 Å². The lowest BCUT2D eigenvalue weighted by Gasteiger charge is -2.26. The fourth-order valence-electron chi connectivity index (χ4n) is 3.08. The van der Waals surface area contributed by atoms with Gasteiger partial charge in [0.05, 0.1) is 11.8 Å². The first-order chi connectivity index (χ1) is 11.7. The van der Waals surface area contributed by atoms with E-state index in [1.54, 1.807) is 6.08 Å². The molecule has 5 nitrogen and oxygen atoms in total. The van der Waals surface area contributed by atoms with Gasteiger partial charge in [-0.05, 0) is 37.3 Å². The molecule has 1 aromatic carbocycles. The lowest BCUT2D eigenvalue weighted by atomic mass is 9.88. The van der Waals surface area contributed by atoms with E-state index in [2.05, 4.69) is 40.3 Å². The number of aryl methyl sites for hydroxylation is 2. The van der Waals surface area contributed by atoms with Gasteiger partial charge in [0.25, 0.3) is 0 Å². The zero-order chi connectivity index (χ0) is 16.9. The highest BCUT2D eigenvalue weighted by Gasteiger charge is 2.21. The molecule has 126 valence electrons. The second-order valence-corrected chi connectivity index (χ2v) is 6.87. The third-order valence-corrected chi connectivity index (χ3v) is 5.22. The fraction of sp³-hybridized carbons (Fsp3) is 0.389. The van der Waals surface area contributed by atoms with Gasteiger partial charge in [-0.2, -0.15) is 0 Å². The number of carbonyl (C=O) groups excluding carboxylic acids is 1. The van der Waals surface area contributed by atoms with Crippen molar-refractivity contribution in [3.8, 4) is 0 Å². The summed E-state index contributed by atoms with van der Waals surface area (Å²) in [4.78, 5) is 12.4. The third-order valence-electron chi connectivity index (χ3n) is 4.25. The van der Waals surface area contributed by atoms with Crippen LogP contribution in [0.3, 0.4) is 0 Å². The van der Waals surface area contributed by atoms with Crippen LogP contribution in [0, 0.1) is 6.92 Å². The van der Waals surface area contributed by atoms with Crippen LogP contribution in [0.15, 0.2) is 42.1 Å². The molecule has 1 atom stereocenters. The quantitative estimate of drug-likeness (QED) is 0.647. The monoisotopic (exact) mass is 342 g/mol. The second-order valence-electron chi connectivity index (χ2n) is 5.93. The van der Waals surface area contributed by atoms with E-state index in [9.17, 15) is 4.79 Å². The van der Waals surface area contributed by atoms with Crippen LogP contribution in [0.5, 0.6) is 0 Å². The molecule has 1 N–H and O–H groups in total. The molecule has 1 aromatic heterocycles. The molecule has 0 spiro atoms. The molecule has 0 radical (unpaired) electrons. The number of amides is 1. The Bertz CT molecular complexity index is 740. The molecule has 24 heavy (non-hydrogen) atoms. The Morgan fingerprint density at radius 3 is 3.12 bits per heavy atom. The Hall–Kier alpha value is -2.08. The minimum atomic E-state index is 0.0347. The molecule has 6 heteroatoms. The summed E-state index contributed by atoms with van der Waals surface area (Å²) in [6.45, 7) is 6.30. The summed E-state index contributed by atoms with van der Waals surface area (Å²) >= 11 is 1.42. The van der Waals surface area contributed by atoms with Crippen LogP contribution in [0.25, 0.3) is 0 Å². The number of hydrogen-bond acceptors (Lipinski definition) is 4. The summed E-state index contributed by atoms with van der Waals surface area (Å²) in [5.74, 6) is 1.21. The molecule has 3 rings (SSSR count). The van der Waals surface area contributed by atoms with Crippen LogP contribution >= 0.6 is 11.8 Å². The predicted octanol–water partition coefficient (Wildman–Crippen LogP) is 3.06. The van der Waals surface area contributed by atoms with Gasteiger partial charge in [0, 0.05) is 6.54 Å². The minimum Gasteiger partial charge on any atom is -0.349 e. The zero-order valence-corrected chi connectivity index (χ0v) is 14.7. The van der Waals surface area contributed by atoms with Gasteiger partial charge in [0.1, 0.15) is 5.82 Å². The number of benzene rings is 1. The molecule has 1 aliphatic carbocycles. The topological polar surface area (TPSA) is 59.8 Å². The highest BCUT2D eigenvalue weighted by atomic mass is 32.2. The molecule has 0 saturated carbocycles. The van der Waals surface area contributed by atoms with Gasteiger partial charge >= 0.3 is 0 Å². The smallest absolute Gasteiger partial charge is 0.230 e. The number of allylic oxidation sites excluding steroid dienone is 1. The first-order valence-corrected chi connectivity index (χ1v) is 9.18. The van der Waals surface area contributed by atoms with Crippen molar-refractivity contribution >= 4 is 17.7 Å². The van der Waals surface area contributed by atoms with Crippen molar-refractivity contribution in [1.29, 1.82) is 0 Å². The number of nitrogens with zero attached hydrogens (tertiary/aromatic N) is 3. The highest BCUT2D eigenvalue weighted by molar-refractivity contribution is 7.99. The van der Waals surface area contributed by atoms with Crippen molar-refractivity contribution in [2.24, 2.45) is 0 Å². The molecular weight excluding hydrogens is 320 g/mol. The number of nitrogens with one attached hydrogen (secondary N) is 1. The van der Waals surface area contributed by atoms with Crippen molar-refractivity contribution in [3.05, 3.63) is 53.9 Å². The SMILES string of the molecule is C=CCn1c(C)nnc1SCC(=O)N[C@@H]1CCCc2ccccc21. The Morgan fingerprint density at radius 1 is 1.46 bits per heavy atom. The average molecular weight is 342 g/mol. The van der Waals surface area contributed by atoms with Crippen LogP contribution in [-0.4, -0.2) is 26.4 Å². The summed E-state index contributed by atoms with van der Waals surface area (Å²) < 4.78 is 1.96. The molecular formula is C18H22N4OS. The molecule has 0 unspecified atom stereocenters. The summed E-state index contributed by atoms with van der Waals surface area (Å²) in [5.41, 5.74) is 2.61. The zero-order valence-electron chi connectivity index (χ0n) is 13.9. The standard InChI is InChI=1S/C18H22N4OS/c1-3-11-22-13(2)20-21-18(22)24-12-17(23)19-16-10-6-8-14-7-4-5-9-15(14)16/h3-5,7,9,16H,1,6,8,10-12H2,2H3,(H,19,23)/t16-/m1/s1. The molecule has 0 saturated heterocycles. The number of carbonyl (C=O) groups is 1. The van der Waals surface area contributed by atoms with Crippen molar-refractivity contribution in [1.82, 2.24) is 20.1 Å². The number of hydrogen-bond donors (Lipinski definition) is 1. The first-order valence-electron chi connectivity index (χ1n) is 8.19. The van der Waals surface area contributed by atoms with Gasteiger partial charge < -0.3 is 9.88 Å². The lowest BCUT2D eigenvalue weighted by Crippen LogP contribution is -2.32. The molecule has 1 amide bonds. The third kappa shape index (κ3) is 3.70. The second kappa shape index (κ2) is 7.66. The maximum atomic E-state index is 12.4. The van der Waals surface area contributed by atoms with Gasteiger partial charge in [0.2, 0.25) is 5.91 Å². The summed E-state index contributed by atoms with van der Waals surface area (Å²) in [6, 6.07) is 8.50. The molecule has 1 aliphatic rings. The van der Waals surface area contributed by atoms with Crippen molar-refractivity contribution in [3.63, 3.8) is 0 Å². The van der Waals surface area contributed by atoms with E-state index in [-0.39, 0.29) is 11.9 Å². The van der Waals surface area contributed by atoms with Gasteiger partial charge in [-0.3, -0.25) is 4.79 Å². The van der Waals surface area contributed by atoms with Crippen LogP contribution < -0.4 is 5.32 Å². The summed E-state index contributed by atoms with van der Waals surface area (Å²) in [6.07, 6.45) is 5.02.